The van der Waals surface area contributed by atoms with Crippen LogP contribution in [0.15, 0.2) is 41.5 Å². The number of methoxy groups -OCH3 is 2. The van der Waals surface area contributed by atoms with Gasteiger partial charge in [-0.3, -0.25) is 4.79 Å². The third kappa shape index (κ3) is 5.14. The summed E-state index contributed by atoms with van der Waals surface area (Å²) < 4.78 is 15.7. The van der Waals surface area contributed by atoms with E-state index in [1.165, 1.54) is 12.3 Å². The highest BCUT2D eigenvalue weighted by molar-refractivity contribution is 5.84. The lowest BCUT2D eigenvalue weighted by Crippen LogP contribution is -2.19. The van der Waals surface area contributed by atoms with E-state index in [-0.39, 0.29) is 18.1 Å². The molecule has 138 valence electrons. The molecule has 0 heterocycles. The molecule has 2 aromatic carbocycles. The third-order valence-corrected chi connectivity index (χ3v) is 3.50. The number of phenolic OH excluding ortho intramolecular Hbond substituents is 1. The number of nitrogens with one attached hydrogen (secondary N) is 1. The van der Waals surface area contributed by atoms with Crippen molar-refractivity contribution in [3.05, 3.63) is 47.5 Å². The van der Waals surface area contributed by atoms with E-state index in [1.54, 1.807) is 44.6 Å². The number of benzene rings is 2. The van der Waals surface area contributed by atoms with Crippen molar-refractivity contribution in [2.75, 3.05) is 20.8 Å². The number of aromatic hydroxyl groups is 1. The van der Waals surface area contributed by atoms with Gasteiger partial charge in [0, 0.05) is 0 Å². The molecule has 0 saturated heterocycles. The van der Waals surface area contributed by atoms with E-state index in [0.29, 0.717) is 29.4 Å². The molecule has 0 aliphatic carbocycles. The Kier molecular flexibility index (Phi) is 6.84. The largest absolute Gasteiger partial charge is 0.504 e. The Hall–Kier alpha value is -3.22. The number of hydrogen-bond donors (Lipinski definition) is 2. The molecule has 26 heavy (non-hydrogen) atoms. The predicted molar refractivity (Wildman–Crippen MR) is 98.3 cm³/mol. The lowest BCUT2D eigenvalue weighted by atomic mass is 10.1. The molecule has 2 N–H and O–H groups in total. The van der Waals surface area contributed by atoms with Crippen LogP contribution < -0.4 is 19.6 Å². The van der Waals surface area contributed by atoms with E-state index in [0.717, 1.165) is 5.56 Å². The van der Waals surface area contributed by atoms with Crippen LogP contribution in [-0.4, -0.2) is 38.1 Å². The Morgan fingerprint density at radius 1 is 1.12 bits per heavy atom. The number of nitrogens with zero attached hydrogens (tertiary/aromatic N) is 1. The summed E-state index contributed by atoms with van der Waals surface area (Å²) in [5.41, 5.74) is 3.94. The first kappa shape index (κ1) is 19.1. The van der Waals surface area contributed by atoms with Crippen LogP contribution in [0.1, 0.15) is 18.1 Å². The second-order valence-corrected chi connectivity index (χ2v) is 5.32. The van der Waals surface area contributed by atoms with Crippen molar-refractivity contribution < 1.29 is 24.1 Å². The molecule has 0 fully saturated rings. The maximum Gasteiger partial charge on any atom is 0.244 e. The Labute approximate surface area is 152 Å². The van der Waals surface area contributed by atoms with Gasteiger partial charge in [0.2, 0.25) is 5.91 Å². The van der Waals surface area contributed by atoms with Crippen LogP contribution >= 0.6 is 0 Å². The molecular formula is C19H22N2O5. The Bertz CT molecular complexity index is 789. The number of hydrogen-bond acceptors (Lipinski definition) is 6. The van der Waals surface area contributed by atoms with Gasteiger partial charge in [-0.2, -0.15) is 5.10 Å². The molecule has 0 saturated carbocycles. The fourth-order valence-corrected chi connectivity index (χ4v) is 2.28. The van der Waals surface area contributed by atoms with Crippen LogP contribution in [-0.2, 0) is 11.2 Å². The summed E-state index contributed by atoms with van der Waals surface area (Å²) in [6.45, 7) is 2.27. The van der Waals surface area contributed by atoms with Gasteiger partial charge in [0.05, 0.1) is 33.5 Å². The quantitative estimate of drug-likeness (QED) is 0.559. The molecule has 0 aliphatic rings. The van der Waals surface area contributed by atoms with Gasteiger partial charge in [-0.25, -0.2) is 5.43 Å². The summed E-state index contributed by atoms with van der Waals surface area (Å²) in [4.78, 5) is 12.0. The summed E-state index contributed by atoms with van der Waals surface area (Å²) in [6.07, 6.45) is 1.63. The zero-order valence-electron chi connectivity index (χ0n) is 15.0. The third-order valence-electron chi connectivity index (χ3n) is 3.50. The molecule has 0 radical (unpaired) electrons. The molecule has 2 rings (SSSR count). The minimum atomic E-state index is -0.266. The van der Waals surface area contributed by atoms with Crippen molar-refractivity contribution in [1.82, 2.24) is 5.43 Å². The number of phenols is 1. The van der Waals surface area contributed by atoms with Crippen LogP contribution in [0, 0.1) is 0 Å². The van der Waals surface area contributed by atoms with Crippen LogP contribution in [0.5, 0.6) is 23.0 Å². The topological polar surface area (TPSA) is 89.4 Å². The zero-order valence-corrected chi connectivity index (χ0v) is 15.0. The maximum absolute atomic E-state index is 12.0. The highest BCUT2D eigenvalue weighted by Crippen LogP contribution is 2.28. The number of ether oxygens (including phenoxy) is 3. The first-order valence-corrected chi connectivity index (χ1v) is 8.06. The number of carbonyl (C=O) groups excluding carboxylic acids is 1. The van der Waals surface area contributed by atoms with Gasteiger partial charge in [-0.05, 0) is 48.4 Å². The number of amides is 1. The smallest absolute Gasteiger partial charge is 0.244 e. The minimum absolute atomic E-state index is 0.0569. The number of rotatable bonds is 8. The summed E-state index contributed by atoms with van der Waals surface area (Å²) in [7, 11) is 3.10. The van der Waals surface area contributed by atoms with Crippen LogP contribution in [0.2, 0.25) is 0 Å². The Balaban J connectivity index is 1.96. The molecule has 0 atom stereocenters. The first-order valence-electron chi connectivity index (χ1n) is 8.06. The van der Waals surface area contributed by atoms with E-state index in [2.05, 4.69) is 10.5 Å². The van der Waals surface area contributed by atoms with Gasteiger partial charge in [-0.1, -0.05) is 6.07 Å². The Morgan fingerprint density at radius 3 is 2.58 bits per heavy atom. The fourth-order valence-electron chi connectivity index (χ4n) is 2.28. The lowest BCUT2D eigenvalue weighted by Gasteiger charge is -2.09. The average molecular weight is 358 g/mol. The fraction of sp³-hybridized carbons (Fsp3) is 0.263. The molecule has 0 aromatic heterocycles. The highest BCUT2D eigenvalue weighted by Gasteiger charge is 2.08. The number of hydrazone groups is 1. The van der Waals surface area contributed by atoms with Crippen molar-refractivity contribution in [3.63, 3.8) is 0 Å². The van der Waals surface area contributed by atoms with Crippen molar-refractivity contribution in [2.45, 2.75) is 13.3 Å². The minimum Gasteiger partial charge on any atom is -0.504 e. The SMILES string of the molecule is CCOc1cc(/C=N/NC(=O)Cc2ccc(OC)c(OC)c2)ccc1O. The summed E-state index contributed by atoms with van der Waals surface area (Å²) in [6, 6.07) is 10.1. The zero-order chi connectivity index (χ0) is 18.9. The average Bonchev–Trinajstić information content (AvgIpc) is 2.64. The first-order chi connectivity index (χ1) is 12.6. The summed E-state index contributed by atoms with van der Waals surface area (Å²) in [5.74, 6) is 1.33. The Morgan fingerprint density at radius 2 is 1.88 bits per heavy atom. The monoisotopic (exact) mass is 358 g/mol. The maximum atomic E-state index is 12.0. The van der Waals surface area contributed by atoms with Crippen molar-refractivity contribution in [3.8, 4) is 23.0 Å². The molecule has 0 unspecified atom stereocenters. The molecule has 1 amide bonds. The van der Waals surface area contributed by atoms with E-state index < -0.39 is 0 Å². The standard InChI is InChI=1S/C19H22N2O5/c1-4-26-17-10-14(5-7-15(17)22)12-20-21-19(23)11-13-6-8-16(24-2)18(9-13)25-3/h5-10,12,22H,4,11H2,1-3H3,(H,21,23)/b20-12+. The molecule has 7 nitrogen and oxygen atoms in total. The van der Waals surface area contributed by atoms with E-state index in [4.69, 9.17) is 14.2 Å². The molecular weight excluding hydrogens is 336 g/mol. The molecule has 0 spiro atoms. The van der Waals surface area contributed by atoms with Gasteiger partial charge < -0.3 is 19.3 Å². The van der Waals surface area contributed by atoms with Crippen molar-refractivity contribution in [2.24, 2.45) is 5.10 Å². The lowest BCUT2D eigenvalue weighted by molar-refractivity contribution is -0.120. The van der Waals surface area contributed by atoms with Gasteiger partial charge >= 0.3 is 0 Å². The molecule has 2 aromatic rings. The highest BCUT2D eigenvalue weighted by atomic mass is 16.5. The van der Waals surface area contributed by atoms with Gasteiger partial charge in [-0.15, -0.1) is 0 Å². The van der Waals surface area contributed by atoms with Gasteiger partial charge in [0.25, 0.3) is 0 Å². The second kappa shape index (κ2) is 9.31. The molecule has 0 aliphatic heterocycles. The van der Waals surface area contributed by atoms with E-state index >= 15 is 0 Å². The van der Waals surface area contributed by atoms with Crippen molar-refractivity contribution >= 4 is 12.1 Å². The van der Waals surface area contributed by atoms with Crippen molar-refractivity contribution in [1.29, 1.82) is 0 Å². The molecule has 0 bridgehead atoms. The molecule has 7 heteroatoms. The second-order valence-electron chi connectivity index (χ2n) is 5.32. The normalized spacial score (nSPS) is 10.6. The van der Waals surface area contributed by atoms with E-state index in [1.807, 2.05) is 6.92 Å². The van der Waals surface area contributed by atoms with Gasteiger partial charge in [0.1, 0.15) is 0 Å². The number of carbonyl (C=O) groups is 1. The van der Waals surface area contributed by atoms with Crippen LogP contribution in [0.4, 0.5) is 0 Å². The predicted octanol–water partition coefficient (Wildman–Crippen LogP) is 2.50. The van der Waals surface area contributed by atoms with Gasteiger partial charge in [0.15, 0.2) is 23.0 Å². The van der Waals surface area contributed by atoms with E-state index in [9.17, 15) is 9.90 Å². The van der Waals surface area contributed by atoms with Crippen LogP contribution in [0.25, 0.3) is 0 Å². The summed E-state index contributed by atoms with van der Waals surface area (Å²) >= 11 is 0. The van der Waals surface area contributed by atoms with Crippen LogP contribution in [0.3, 0.4) is 0 Å². The summed E-state index contributed by atoms with van der Waals surface area (Å²) in [5, 5.41) is 13.6.